The Morgan fingerprint density at radius 3 is 1.53 bits per heavy atom. The van der Waals surface area contributed by atoms with Gasteiger partial charge in [0.1, 0.15) is 102 Å². The number of hydrogen-bond acceptors (Lipinski definition) is 1. The maximum absolute atomic E-state index is 2.61. The zero-order chi connectivity index (χ0) is 40.8. The molecule has 0 unspecified atom stereocenters. The predicted octanol–water partition coefficient (Wildman–Crippen LogP) is -10.7. The summed E-state index contributed by atoms with van der Waals surface area (Å²) >= 11 is 1.92. The van der Waals surface area contributed by atoms with Gasteiger partial charge in [0.25, 0.3) is 0 Å². The Morgan fingerprint density at radius 2 is 0.897 bits per heavy atom. The zero-order valence-electron chi connectivity index (χ0n) is 36.3. The van der Waals surface area contributed by atoms with E-state index in [2.05, 4.69) is 190 Å². The minimum absolute atomic E-state index is 1.19. The second-order valence-corrected chi connectivity index (χ2v) is 18.4. The monoisotopic (exact) mass is 746 g/mol. The largest absolute Gasteiger partial charge is 0.310 e. The van der Waals surface area contributed by atoms with E-state index in [0.717, 1.165) is 0 Å². The molecule has 16 heteroatoms. The summed E-state index contributed by atoms with van der Waals surface area (Å²) in [5.41, 5.74) is 28.2. The Labute approximate surface area is 356 Å². The number of hydrogen-bond donors (Lipinski definition) is 0. The van der Waals surface area contributed by atoms with Crippen molar-refractivity contribution in [2.75, 3.05) is 0 Å². The molecular weight excluding hydrogens is 705 g/mol. The first kappa shape index (κ1) is 37.5. The third kappa shape index (κ3) is 4.91. The van der Waals surface area contributed by atoms with Crippen molar-refractivity contribution in [3.8, 4) is 22.5 Å². The van der Waals surface area contributed by atoms with E-state index in [0.29, 0.717) is 0 Å². The van der Waals surface area contributed by atoms with Crippen molar-refractivity contribution in [2.24, 2.45) is 0 Å². The van der Waals surface area contributed by atoms with E-state index >= 15 is 0 Å². The molecule has 0 N–H and O–H groups in total. The number of nitrogens with zero attached hydrogens (tertiary/aromatic N) is 2. The van der Waals surface area contributed by atoms with Crippen LogP contribution in [-0.4, -0.2) is 111 Å². The summed E-state index contributed by atoms with van der Waals surface area (Å²) < 4.78 is 7.84. The lowest BCUT2D eigenvalue weighted by Gasteiger charge is -2.21. The van der Waals surface area contributed by atoms with Gasteiger partial charge >= 0.3 is 0 Å². The Morgan fingerprint density at radius 1 is 0.362 bits per heavy atom. The van der Waals surface area contributed by atoms with Gasteiger partial charge in [-0.25, -0.2) is 0 Å². The minimum atomic E-state index is 1.19. The van der Waals surface area contributed by atoms with Gasteiger partial charge in [-0.1, -0.05) is 86.2 Å². The molecule has 10 aromatic rings. The molecule has 0 fully saturated rings. The van der Waals surface area contributed by atoms with Crippen LogP contribution in [0.2, 0.25) is 0 Å². The van der Waals surface area contributed by atoms with Gasteiger partial charge < -0.3 is 9.13 Å². The minimum Gasteiger partial charge on any atom is -0.310 e. The summed E-state index contributed by atoms with van der Waals surface area (Å²) in [6, 6.07) is 30.2. The van der Waals surface area contributed by atoms with Crippen molar-refractivity contribution in [3.05, 3.63) is 78.9 Å². The Hall–Kier alpha value is -4.80. The lowest BCUT2D eigenvalue weighted by Crippen LogP contribution is -2.55. The average Bonchev–Trinajstić information content (AvgIpc) is 3.90. The Kier molecular flexibility index (Phi) is 8.47. The number of thiophene rings is 1. The maximum atomic E-state index is 2.61. The van der Waals surface area contributed by atoms with Crippen LogP contribution in [0.3, 0.4) is 0 Å². The molecule has 3 aromatic heterocycles. The summed E-state index contributed by atoms with van der Waals surface area (Å²) in [6.07, 6.45) is 0. The molecule has 58 heavy (non-hydrogen) atoms. The molecule has 0 amide bonds. The van der Waals surface area contributed by atoms with Gasteiger partial charge in [-0.2, -0.15) is 0 Å². The highest BCUT2D eigenvalue weighted by molar-refractivity contribution is 7.26. The quantitative estimate of drug-likeness (QED) is 0.160. The van der Waals surface area contributed by atoms with Gasteiger partial charge in [-0.05, 0) is 58.3 Å². The SMILES string of the molecule is Bc1c(B)c(B)c(-c2cccc(-n3c4ccc(-n5c6c(B)c(B)c(B)c(B)c6c6c(B)c(B)c(B)c(B)c65)cc4c4ccc5c6ccccc6sc5c43)c2)c(B)c1B. The van der Waals surface area contributed by atoms with E-state index in [1.165, 1.54) is 157 Å². The summed E-state index contributed by atoms with van der Waals surface area (Å²) in [7, 11) is 30.0. The van der Waals surface area contributed by atoms with E-state index in [1.807, 2.05) is 11.3 Å². The van der Waals surface area contributed by atoms with Gasteiger partial charge in [0.15, 0.2) is 0 Å². The van der Waals surface area contributed by atoms with Crippen molar-refractivity contribution >= 4 is 248 Å². The van der Waals surface area contributed by atoms with Crippen LogP contribution in [0, 0.1) is 0 Å². The first-order chi connectivity index (χ1) is 27.7. The summed E-state index contributed by atoms with van der Waals surface area (Å²) in [5, 5.41) is 8.01. The third-order valence-electron chi connectivity index (χ3n) is 14.9. The molecule has 2 nitrogen and oxygen atoms in total. The van der Waals surface area contributed by atoms with Gasteiger partial charge in [-0.15, -0.1) is 38.7 Å². The maximum Gasteiger partial charge on any atom is 0.141 e. The topological polar surface area (TPSA) is 9.86 Å². The Balaban J connectivity index is 1.34. The second kappa shape index (κ2) is 13.1. The first-order valence-corrected chi connectivity index (χ1v) is 21.6. The van der Waals surface area contributed by atoms with Gasteiger partial charge in [0.2, 0.25) is 0 Å². The highest BCUT2D eigenvalue weighted by Gasteiger charge is 2.25. The van der Waals surface area contributed by atoms with E-state index < -0.39 is 0 Å². The molecule has 0 aliphatic heterocycles. The molecule has 0 bridgehead atoms. The van der Waals surface area contributed by atoms with Crippen LogP contribution in [0.1, 0.15) is 0 Å². The van der Waals surface area contributed by atoms with E-state index in [9.17, 15) is 0 Å². The zero-order valence-corrected chi connectivity index (χ0v) is 37.1. The summed E-state index contributed by atoms with van der Waals surface area (Å²) in [5.74, 6) is 0. The van der Waals surface area contributed by atoms with Crippen LogP contribution in [0.25, 0.3) is 86.3 Å². The van der Waals surface area contributed by atoms with Crippen molar-refractivity contribution in [1.29, 1.82) is 0 Å². The standard InChI is InChI=1S/C42H39B13N2S/c43-26-23(27(44)31(48)34(51)30(26)47)14-4-3-5-15(12-14)56-21-11-8-16(13-20(21)18-9-10-19-17-6-1-2-7-22(17)58-42(19)39(18)56)57-40-24(28(45)32(49)35(52)37(40)54)25-29(46)33(50)36(53)38(55)41(25)57/h1-13H,43-55H2. The number of benzene rings is 7. The predicted molar refractivity (Wildman–Crippen MR) is 300 cm³/mol. The fraction of sp³-hybridized carbons (Fsp3) is 0. The highest BCUT2D eigenvalue weighted by Crippen LogP contribution is 2.44. The number of aromatic nitrogens is 2. The smallest absolute Gasteiger partial charge is 0.141 e. The number of rotatable bonds is 3. The normalized spacial score (nSPS) is 12.0. The fourth-order valence-corrected chi connectivity index (χ4v) is 11.8. The molecule has 0 radical (unpaired) electrons. The molecule has 0 aliphatic carbocycles. The van der Waals surface area contributed by atoms with Crippen molar-refractivity contribution in [2.45, 2.75) is 0 Å². The molecule has 7 aromatic carbocycles. The van der Waals surface area contributed by atoms with Gasteiger partial charge in [-0.3, -0.25) is 0 Å². The van der Waals surface area contributed by atoms with E-state index in [-0.39, 0.29) is 0 Å². The van der Waals surface area contributed by atoms with E-state index in [4.69, 9.17) is 0 Å². The van der Waals surface area contributed by atoms with E-state index in [1.54, 1.807) is 0 Å². The van der Waals surface area contributed by atoms with Crippen molar-refractivity contribution in [3.63, 3.8) is 0 Å². The highest BCUT2D eigenvalue weighted by atomic mass is 32.1. The molecule has 0 spiro atoms. The molecular formula is C42H39B13N2S. The Bertz CT molecular complexity index is 3400. The van der Waals surface area contributed by atoms with Crippen molar-refractivity contribution in [1.82, 2.24) is 9.13 Å². The lowest BCUT2D eigenvalue weighted by molar-refractivity contribution is 1.17. The molecule has 262 valence electrons. The molecule has 0 atom stereocenters. The molecule has 10 rings (SSSR count). The van der Waals surface area contributed by atoms with Crippen LogP contribution in [0.4, 0.5) is 0 Å². The molecule has 0 saturated heterocycles. The van der Waals surface area contributed by atoms with Crippen LogP contribution in [0.15, 0.2) is 78.9 Å². The fourth-order valence-electron chi connectivity index (χ4n) is 10.5. The number of fused-ring (bicyclic) bond motifs is 10. The van der Waals surface area contributed by atoms with Crippen LogP contribution in [-0.2, 0) is 0 Å². The second-order valence-electron chi connectivity index (χ2n) is 17.3. The van der Waals surface area contributed by atoms with Crippen LogP contribution in [0.5, 0.6) is 0 Å². The average molecular weight is 744 g/mol. The van der Waals surface area contributed by atoms with Crippen molar-refractivity contribution < 1.29 is 0 Å². The first-order valence-electron chi connectivity index (χ1n) is 20.8. The molecule has 0 saturated carbocycles. The van der Waals surface area contributed by atoms with Crippen LogP contribution < -0.4 is 71.0 Å². The molecule has 3 heterocycles. The lowest BCUT2D eigenvalue weighted by atomic mass is 9.59. The van der Waals surface area contributed by atoms with Crippen LogP contribution >= 0.6 is 11.3 Å². The third-order valence-corrected chi connectivity index (χ3v) is 16.1. The summed E-state index contributed by atoms with van der Waals surface area (Å²) in [6.45, 7) is 0. The summed E-state index contributed by atoms with van der Waals surface area (Å²) in [4.78, 5) is 0. The molecule has 0 aliphatic rings. The van der Waals surface area contributed by atoms with Gasteiger partial charge in [0, 0.05) is 48.7 Å². The van der Waals surface area contributed by atoms with Gasteiger partial charge in [0.05, 0.1) is 15.7 Å².